The van der Waals surface area contributed by atoms with E-state index in [1.807, 2.05) is 0 Å². The van der Waals surface area contributed by atoms with Gasteiger partial charge in [-0.05, 0) is 31.7 Å². The average molecular weight is 260 g/mol. The van der Waals surface area contributed by atoms with Gasteiger partial charge in [0.1, 0.15) is 0 Å². The standard InChI is InChI=1S/C16H24N2O/c1-13-2-5-16(15(10-13)12-19)18-8-6-17(7-9-18)11-14-3-4-14/h2,5,10,14,19H,3-4,6-9,11-12H2,1H3. The molecule has 0 unspecified atom stereocenters. The summed E-state index contributed by atoms with van der Waals surface area (Å²) in [4.78, 5) is 5.02. The Morgan fingerprint density at radius 2 is 1.89 bits per heavy atom. The van der Waals surface area contributed by atoms with Gasteiger partial charge in [0, 0.05) is 44.0 Å². The Hall–Kier alpha value is -1.06. The highest BCUT2D eigenvalue weighted by Gasteiger charge is 2.26. The van der Waals surface area contributed by atoms with E-state index in [1.54, 1.807) is 0 Å². The summed E-state index contributed by atoms with van der Waals surface area (Å²) in [5.41, 5.74) is 3.51. The molecule has 19 heavy (non-hydrogen) atoms. The third-order valence-corrected chi connectivity index (χ3v) is 4.33. The Balaban J connectivity index is 1.63. The van der Waals surface area contributed by atoms with Gasteiger partial charge in [-0.25, -0.2) is 0 Å². The van der Waals surface area contributed by atoms with Crippen molar-refractivity contribution in [3.8, 4) is 0 Å². The second-order valence-corrected chi connectivity index (χ2v) is 6.02. The average Bonchev–Trinajstić information content (AvgIpc) is 3.24. The third-order valence-electron chi connectivity index (χ3n) is 4.33. The van der Waals surface area contributed by atoms with Crippen molar-refractivity contribution in [2.45, 2.75) is 26.4 Å². The van der Waals surface area contributed by atoms with Crippen LogP contribution in [0.4, 0.5) is 5.69 Å². The van der Waals surface area contributed by atoms with Crippen LogP contribution < -0.4 is 4.90 Å². The van der Waals surface area contributed by atoms with Gasteiger partial charge in [-0.3, -0.25) is 4.90 Å². The van der Waals surface area contributed by atoms with Gasteiger partial charge in [0.05, 0.1) is 6.61 Å². The summed E-state index contributed by atoms with van der Waals surface area (Å²) < 4.78 is 0. The van der Waals surface area contributed by atoms with E-state index in [1.165, 1.54) is 30.6 Å². The van der Waals surface area contributed by atoms with Crippen molar-refractivity contribution in [3.63, 3.8) is 0 Å². The maximum Gasteiger partial charge on any atom is 0.0702 e. The van der Waals surface area contributed by atoms with Crippen LogP contribution in [0.15, 0.2) is 18.2 Å². The Bertz CT molecular complexity index is 434. The maximum absolute atomic E-state index is 9.52. The van der Waals surface area contributed by atoms with Crippen LogP contribution in [-0.4, -0.2) is 42.7 Å². The number of aryl methyl sites for hydroxylation is 1. The van der Waals surface area contributed by atoms with Crippen molar-refractivity contribution in [1.82, 2.24) is 4.90 Å². The van der Waals surface area contributed by atoms with Gasteiger partial charge >= 0.3 is 0 Å². The molecule has 1 aliphatic carbocycles. The quantitative estimate of drug-likeness (QED) is 0.897. The number of hydrogen-bond donors (Lipinski definition) is 1. The monoisotopic (exact) mass is 260 g/mol. The minimum atomic E-state index is 0.138. The highest BCUT2D eigenvalue weighted by atomic mass is 16.3. The van der Waals surface area contributed by atoms with Crippen molar-refractivity contribution in [3.05, 3.63) is 29.3 Å². The van der Waals surface area contributed by atoms with E-state index < -0.39 is 0 Å². The fraction of sp³-hybridized carbons (Fsp3) is 0.625. The number of aliphatic hydroxyl groups excluding tert-OH is 1. The van der Waals surface area contributed by atoms with Crippen LogP contribution in [0.1, 0.15) is 24.0 Å². The molecule has 1 aliphatic heterocycles. The first-order valence-electron chi connectivity index (χ1n) is 7.44. The van der Waals surface area contributed by atoms with E-state index in [4.69, 9.17) is 0 Å². The molecule has 2 aliphatic rings. The second-order valence-electron chi connectivity index (χ2n) is 6.02. The zero-order valence-electron chi connectivity index (χ0n) is 11.8. The molecule has 0 atom stereocenters. The number of aliphatic hydroxyl groups is 1. The van der Waals surface area contributed by atoms with Crippen LogP contribution in [0.25, 0.3) is 0 Å². The molecule has 3 rings (SSSR count). The molecule has 1 saturated carbocycles. The van der Waals surface area contributed by atoms with Crippen molar-refractivity contribution in [1.29, 1.82) is 0 Å². The minimum absolute atomic E-state index is 0.138. The van der Waals surface area contributed by atoms with E-state index in [0.29, 0.717) is 0 Å². The van der Waals surface area contributed by atoms with Crippen LogP contribution >= 0.6 is 0 Å². The summed E-state index contributed by atoms with van der Waals surface area (Å²) in [5, 5.41) is 9.52. The van der Waals surface area contributed by atoms with Crippen molar-refractivity contribution in [2.75, 3.05) is 37.6 Å². The highest BCUT2D eigenvalue weighted by Crippen LogP contribution is 2.30. The van der Waals surface area contributed by atoms with Crippen LogP contribution in [0.5, 0.6) is 0 Å². The predicted molar refractivity (Wildman–Crippen MR) is 78.5 cm³/mol. The van der Waals surface area contributed by atoms with Gasteiger partial charge in [-0.15, -0.1) is 0 Å². The molecule has 1 aromatic carbocycles. The van der Waals surface area contributed by atoms with E-state index >= 15 is 0 Å². The molecule has 1 saturated heterocycles. The topological polar surface area (TPSA) is 26.7 Å². The summed E-state index contributed by atoms with van der Waals surface area (Å²) >= 11 is 0. The maximum atomic E-state index is 9.52. The van der Waals surface area contributed by atoms with Gasteiger partial charge in [-0.1, -0.05) is 17.7 Å². The van der Waals surface area contributed by atoms with Crippen molar-refractivity contribution >= 4 is 5.69 Å². The molecule has 0 radical (unpaired) electrons. The first kappa shape index (κ1) is 12.9. The fourth-order valence-electron chi connectivity index (χ4n) is 2.99. The molecule has 1 N–H and O–H groups in total. The van der Waals surface area contributed by atoms with Crippen LogP contribution in [0.2, 0.25) is 0 Å². The van der Waals surface area contributed by atoms with Gasteiger partial charge in [0.25, 0.3) is 0 Å². The normalized spacial score (nSPS) is 20.8. The number of nitrogens with zero attached hydrogens (tertiary/aromatic N) is 2. The van der Waals surface area contributed by atoms with Gasteiger partial charge in [0.15, 0.2) is 0 Å². The predicted octanol–water partition coefficient (Wildman–Crippen LogP) is 2.02. The number of benzene rings is 1. The smallest absolute Gasteiger partial charge is 0.0702 e. The Kier molecular flexibility index (Phi) is 3.76. The zero-order valence-corrected chi connectivity index (χ0v) is 11.8. The molecule has 0 bridgehead atoms. The molecule has 3 heteroatoms. The number of anilines is 1. The lowest BCUT2D eigenvalue weighted by molar-refractivity contribution is 0.246. The summed E-state index contributed by atoms with van der Waals surface area (Å²) in [5.74, 6) is 0.985. The molecule has 1 heterocycles. The number of hydrogen-bond acceptors (Lipinski definition) is 3. The third kappa shape index (κ3) is 3.10. The summed E-state index contributed by atoms with van der Waals surface area (Å²) in [6.07, 6.45) is 2.87. The van der Waals surface area contributed by atoms with Crippen LogP contribution in [0, 0.1) is 12.8 Å². The summed E-state index contributed by atoms with van der Waals surface area (Å²) in [6, 6.07) is 6.41. The number of piperazine rings is 1. The van der Waals surface area contributed by atoms with Crippen LogP contribution in [-0.2, 0) is 6.61 Å². The van der Waals surface area contributed by atoms with E-state index in [2.05, 4.69) is 34.9 Å². The van der Waals surface area contributed by atoms with E-state index in [0.717, 1.165) is 37.7 Å². The first-order valence-corrected chi connectivity index (χ1v) is 7.44. The molecule has 0 amide bonds. The lowest BCUT2D eigenvalue weighted by Crippen LogP contribution is -2.47. The SMILES string of the molecule is Cc1ccc(N2CCN(CC3CC3)CC2)c(CO)c1. The fourth-order valence-corrected chi connectivity index (χ4v) is 2.99. The Morgan fingerprint density at radius 1 is 1.16 bits per heavy atom. The molecular weight excluding hydrogens is 236 g/mol. The summed E-state index contributed by atoms with van der Waals surface area (Å²) in [7, 11) is 0. The van der Waals surface area contributed by atoms with E-state index in [9.17, 15) is 5.11 Å². The van der Waals surface area contributed by atoms with Gasteiger partial charge < -0.3 is 10.0 Å². The summed E-state index contributed by atoms with van der Waals surface area (Å²) in [6.45, 7) is 8.01. The lowest BCUT2D eigenvalue weighted by Gasteiger charge is -2.37. The molecule has 1 aromatic rings. The highest BCUT2D eigenvalue weighted by molar-refractivity contribution is 5.55. The molecule has 0 spiro atoms. The molecule has 3 nitrogen and oxygen atoms in total. The second kappa shape index (κ2) is 5.51. The van der Waals surface area contributed by atoms with Gasteiger partial charge in [0.2, 0.25) is 0 Å². The first-order chi connectivity index (χ1) is 9.26. The lowest BCUT2D eigenvalue weighted by atomic mass is 10.1. The molecule has 2 fully saturated rings. The van der Waals surface area contributed by atoms with Crippen molar-refractivity contribution < 1.29 is 5.11 Å². The number of rotatable bonds is 4. The van der Waals surface area contributed by atoms with Crippen molar-refractivity contribution in [2.24, 2.45) is 5.92 Å². The zero-order chi connectivity index (χ0) is 13.2. The molecule has 104 valence electrons. The minimum Gasteiger partial charge on any atom is -0.392 e. The van der Waals surface area contributed by atoms with E-state index in [-0.39, 0.29) is 6.61 Å². The molecular formula is C16H24N2O. The molecule has 0 aromatic heterocycles. The Labute approximate surface area is 115 Å². The Morgan fingerprint density at radius 3 is 2.53 bits per heavy atom. The largest absolute Gasteiger partial charge is 0.392 e. The van der Waals surface area contributed by atoms with Crippen LogP contribution in [0.3, 0.4) is 0 Å². The van der Waals surface area contributed by atoms with Gasteiger partial charge in [-0.2, -0.15) is 0 Å².